The lowest BCUT2D eigenvalue weighted by Gasteiger charge is -2.27. The molecule has 1 aliphatic rings. The van der Waals surface area contributed by atoms with Gasteiger partial charge in [0, 0.05) is 29.6 Å². The highest BCUT2D eigenvalue weighted by atomic mass is 19.1. The van der Waals surface area contributed by atoms with Gasteiger partial charge in [0.15, 0.2) is 0 Å². The Labute approximate surface area is 226 Å². The molecule has 2 aromatic heterocycles. The molecule has 3 aromatic carbocycles. The second-order valence-corrected chi connectivity index (χ2v) is 9.52. The summed E-state index contributed by atoms with van der Waals surface area (Å²) in [4.78, 5) is 14.1. The zero-order valence-electron chi connectivity index (χ0n) is 21.4. The smallest absolute Gasteiger partial charge is 0.227 e. The first kappa shape index (κ1) is 24.8. The number of nitrogens with one attached hydrogen (secondary N) is 2. The molecule has 6 rings (SSSR count). The number of rotatable bonds is 8. The number of hydrogen-bond donors (Lipinski definition) is 2. The molecule has 39 heavy (non-hydrogen) atoms. The molecule has 0 bridgehead atoms. The van der Waals surface area contributed by atoms with Gasteiger partial charge in [-0.2, -0.15) is 0 Å². The van der Waals surface area contributed by atoms with Crippen LogP contribution in [-0.4, -0.2) is 32.6 Å². The summed E-state index contributed by atoms with van der Waals surface area (Å²) in [5.41, 5.74) is 4.49. The van der Waals surface area contributed by atoms with E-state index in [-0.39, 0.29) is 11.9 Å². The van der Waals surface area contributed by atoms with Crippen molar-refractivity contribution in [1.82, 2.24) is 24.8 Å². The summed E-state index contributed by atoms with van der Waals surface area (Å²) in [6.07, 6.45) is 5.55. The predicted octanol–water partition coefficient (Wildman–Crippen LogP) is 6.39. The third-order valence-electron chi connectivity index (χ3n) is 6.83. The lowest BCUT2D eigenvalue weighted by Crippen LogP contribution is -2.30. The van der Waals surface area contributed by atoms with E-state index >= 15 is 0 Å². The molecule has 1 saturated heterocycles. The molecular weight excluding hydrogens is 491 g/mol. The van der Waals surface area contributed by atoms with Crippen molar-refractivity contribution < 1.29 is 9.13 Å². The number of benzene rings is 3. The number of ether oxygens (including phenoxy) is 1. The first-order valence-electron chi connectivity index (χ1n) is 13.1. The van der Waals surface area contributed by atoms with Crippen LogP contribution in [0.5, 0.6) is 5.75 Å². The summed E-state index contributed by atoms with van der Waals surface area (Å²) in [5, 5.41) is 6.75. The lowest BCUT2D eigenvalue weighted by molar-refractivity contribution is 0.306. The number of halogens is 1. The highest BCUT2D eigenvalue weighted by Crippen LogP contribution is 2.33. The van der Waals surface area contributed by atoms with Gasteiger partial charge in [-0.1, -0.05) is 36.4 Å². The summed E-state index contributed by atoms with van der Waals surface area (Å²) in [7, 11) is 0. The number of imidazole rings is 1. The van der Waals surface area contributed by atoms with Crippen molar-refractivity contribution in [1.29, 1.82) is 0 Å². The minimum Gasteiger partial charge on any atom is -0.489 e. The molecule has 7 nitrogen and oxygen atoms in total. The van der Waals surface area contributed by atoms with E-state index in [1.165, 1.54) is 12.1 Å². The quantitative estimate of drug-likeness (QED) is 0.247. The zero-order valence-corrected chi connectivity index (χ0v) is 21.4. The summed E-state index contributed by atoms with van der Waals surface area (Å²) in [6.45, 7) is 2.36. The zero-order chi connectivity index (χ0) is 26.4. The van der Waals surface area contributed by atoms with E-state index in [1.807, 2.05) is 66.9 Å². The molecule has 0 atom stereocenters. The van der Waals surface area contributed by atoms with Crippen LogP contribution in [-0.2, 0) is 6.61 Å². The average Bonchev–Trinajstić information content (AvgIpc) is 3.43. The van der Waals surface area contributed by atoms with Crippen molar-refractivity contribution >= 4 is 11.6 Å². The Hall–Kier alpha value is -4.56. The maximum atomic E-state index is 13.6. The van der Waals surface area contributed by atoms with Crippen LogP contribution in [0.15, 0.2) is 97.3 Å². The summed E-state index contributed by atoms with van der Waals surface area (Å²) >= 11 is 0. The highest BCUT2D eigenvalue weighted by Gasteiger charge is 2.23. The van der Waals surface area contributed by atoms with Crippen molar-refractivity contribution in [3.8, 4) is 28.5 Å². The molecular formula is C31H29FN6O. The molecule has 0 aliphatic carbocycles. The molecule has 1 aliphatic heterocycles. The SMILES string of the molecule is Fc1ccc(-c2ncc(-c3ccnc(Nc4cccc(OCc5ccccc5)c4)n3)n2C2CCNCC2)cc1. The van der Waals surface area contributed by atoms with Crippen LogP contribution < -0.4 is 15.4 Å². The van der Waals surface area contributed by atoms with Crippen LogP contribution in [0.2, 0.25) is 0 Å². The fraction of sp³-hybridized carbons (Fsp3) is 0.194. The number of piperidine rings is 1. The van der Waals surface area contributed by atoms with E-state index < -0.39 is 0 Å². The Balaban J connectivity index is 1.26. The van der Waals surface area contributed by atoms with Crippen molar-refractivity contribution in [3.05, 3.63) is 109 Å². The van der Waals surface area contributed by atoms with Crippen molar-refractivity contribution in [2.75, 3.05) is 18.4 Å². The lowest BCUT2D eigenvalue weighted by atomic mass is 10.0. The van der Waals surface area contributed by atoms with E-state index in [2.05, 4.69) is 20.2 Å². The van der Waals surface area contributed by atoms with Crippen molar-refractivity contribution in [3.63, 3.8) is 0 Å². The molecule has 196 valence electrons. The van der Waals surface area contributed by atoms with Gasteiger partial charge >= 0.3 is 0 Å². The van der Waals surface area contributed by atoms with Crippen LogP contribution in [0.25, 0.3) is 22.8 Å². The third kappa shape index (κ3) is 5.81. The largest absolute Gasteiger partial charge is 0.489 e. The summed E-state index contributed by atoms with van der Waals surface area (Å²) in [5.74, 6) is 1.79. The minimum atomic E-state index is -0.264. The van der Waals surface area contributed by atoms with E-state index in [9.17, 15) is 4.39 Å². The van der Waals surface area contributed by atoms with E-state index in [4.69, 9.17) is 14.7 Å². The maximum Gasteiger partial charge on any atom is 0.227 e. The van der Waals surface area contributed by atoms with E-state index in [1.54, 1.807) is 18.3 Å². The molecule has 3 heterocycles. The Kier molecular flexibility index (Phi) is 7.27. The van der Waals surface area contributed by atoms with Crippen LogP contribution in [0.1, 0.15) is 24.4 Å². The number of aromatic nitrogens is 4. The predicted molar refractivity (Wildman–Crippen MR) is 150 cm³/mol. The average molecular weight is 521 g/mol. The minimum absolute atomic E-state index is 0.258. The summed E-state index contributed by atoms with van der Waals surface area (Å²) in [6, 6.07) is 26.5. The van der Waals surface area contributed by atoms with Crippen molar-refractivity contribution in [2.24, 2.45) is 0 Å². The Bertz CT molecular complexity index is 1530. The van der Waals surface area contributed by atoms with Gasteiger partial charge in [0.25, 0.3) is 0 Å². The van der Waals surface area contributed by atoms with Gasteiger partial charge in [0.2, 0.25) is 5.95 Å². The molecule has 2 N–H and O–H groups in total. The van der Waals surface area contributed by atoms with E-state index in [0.717, 1.165) is 65.7 Å². The third-order valence-corrected chi connectivity index (χ3v) is 6.83. The monoisotopic (exact) mass is 520 g/mol. The molecule has 0 amide bonds. The number of nitrogens with zero attached hydrogens (tertiary/aromatic N) is 4. The molecule has 0 saturated carbocycles. The van der Waals surface area contributed by atoms with Gasteiger partial charge < -0.3 is 19.9 Å². The normalized spacial score (nSPS) is 13.8. The van der Waals surface area contributed by atoms with Gasteiger partial charge in [0.1, 0.15) is 24.0 Å². The fourth-order valence-corrected chi connectivity index (χ4v) is 4.89. The second-order valence-electron chi connectivity index (χ2n) is 9.52. The van der Waals surface area contributed by atoms with Gasteiger partial charge in [0.05, 0.1) is 17.6 Å². The maximum absolute atomic E-state index is 13.6. The number of anilines is 2. The first-order chi connectivity index (χ1) is 19.2. The topological polar surface area (TPSA) is 76.9 Å². The van der Waals surface area contributed by atoms with E-state index in [0.29, 0.717) is 12.6 Å². The van der Waals surface area contributed by atoms with Gasteiger partial charge in [-0.25, -0.2) is 19.3 Å². The van der Waals surface area contributed by atoms with Gasteiger partial charge in [-0.05, 0) is 74.0 Å². The van der Waals surface area contributed by atoms with Gasteiger partial charge in [-0.3, -0.25) is 0 Å². The fourth-order valence-electron chi connectivity index (χ4n) is 4.89. The summed E-state index contributed by atoms with van der Waals surface area (Å²) < 4.78 is 21.9. The standard InChI is InChI=1S/C31H29FN6O/c32-24-11-9-23(10-12-24)30-35-20-29(38(30)26-13-16-33-17-14-26)28-15-18-34-31(37-28)36-25-7-4-8-27(19-25)39-21-22-5-2-1-3-6-22/h1-12,15,18-20,26,33H,13-14,16-17,21H2,(H,34,36,37). The number of hydrogen-bond acceptors (Lipinski definition) is 6. The Morgan fingerprint density at radius 3 is 2.56 bits per heavy atom. The van der Waals surface area contributed by atoms with Crippen molar-refractivity contribution in [2.45, 2.75) is 25.5 Å². The highest BCUT2D eigenvalue weighted by molar-refractivity contribution is 5.65. The van der Waals surface area contributed by atoms with Crippen LogP contribution >= 0.6 is 0 Å². The molecule has 1 fully saturated rings. The molecule has 0 unspecified atom stereocenters. The van der Waals surface area contributed by atoms with Crippen LogP contribution in [0.3, 0.4) is 0 Å². The first-order valence-corrected chi connectivity index (χ1v) is 13.1. The Morgan fingerprint density at radius 2 is 1.74 bits per heavy atom. The van der Waals surface area contributed by atoms with Gasteiger partial charge in [-0.15, -0.1) is 0 Å². The van der Waals surface area contributed by atoms with Crippen LogP contribution in [0.4, 0.5) is 16.0 Å². The second kappa shape index (κ2) is 11.4. The Morgan fingerprint density at radius 1 is 0.923 bits per heavy atom. The molecule has 0 radical (unpaired) electrons. The molecule has 0 spiro atoms. The molecule has 5 aromatic rings. The molecule has 8 heteroatoms. The van der Waals surface area contributed by atoms with Crippen LogP contribution in [0, 0.1) is 5.82 Å².